The van der Waals surface area contributed by atoms with E-state index in [1.165, 1.54) is 0 Å². The fourth-order valence-electron chi connectivity index (χ4n) is 2.97. The third-order valence-corrected chi connectivity index (χ3v) is 4.91. The van der Waals surface area contributed by atoms with Crippen LogP contribution in [0.15, 0.2) is 23.2 Å². The number of esters is 1. The van der Waals surface area contributed by atoms with Crippen molar-refractivity contribution in [2.24, 2.45) is 10.9 Å². The molecule has 0 amide bonds. The molecule has 6 nitrogen and oxygen atoms in total. The molecule has 0 unspecified atom stereocenters. The number of aliphatic imine (C=N–C) groups is 1. The predicted octanol–water partition coefficient (Wildman–Crippen LogP) is 4.23. The fourth-order valence-corrected chi connectivity index (χ4v) is 3.43. The van der Waals surface area contributed by atoms with Gasteiger partial charge in [-0.15, -0.1) is 24.0 Å². The summed E-state index contributed by atoms with van der Waals surface area (Å²) < 4.78 is 10.8. The molecule has 158 valence electrons. The Morgan fingerprint density at radius 2 is 2.04 bits per heavy atom. The van der Waals surface area contributed by atoms with Crippen LogP contribution in [-0.2, 0) is 9.53 Å². The summed E-state index contributed by atoms with van der Waals surface area (Å²) in [7, 11) is 1.77. The van der Waals surface area contributed by atoms with Gasteiger partial charge in [0.25, 0.3) is 0 Å². The highest BCUT2D eigenvalue weighted by Gasteiger charge is 2.27. The molecule has 0 aliphatic carbocycles. The van der Waals surface area contributed by atoms with Crippen molar-refractivity contribution < 1.29 is 14.3 Å². The van der Waals surface area contributed by atoms with Gasteiger partial charge in [0, 0.05) is 31.7 Å². The second-order valence-electron chi connectivity index (χ2n) is 6.26. The van der Waals surface area contributed by atoms with Crippen molar-refractivity contribution in [3.63, 3.8) is 0 Å². The maximum Gasteiger partial charge on any atom is 0.309 e. The van der Waals surface area contributed by atoms with Crippen LogP contribution < -0.4 is 10.1 Å². The van der Waals surface area contributed by atoms with Crippen LogP contribution >= 0.6 is 47.2 Å². The highest BCUT2D eigenvalue weighted by molar-refractivity contribution is 14.0. The molecule has 0 atom stereocenters. The van der Waals surface area contributed by atoms with Crippen LogP contribution in [0.4, 0.5) is 0 Å². The molecule has 1 fully saturated rings. The number of carbonyl (C=O) groups excluding carboxylic acids is 1. The van der Waals surface area contributed by atoms with Gasteiger partial charge in [-0.3, -0.25) is 9.79 Å². The molecule has 1 aromatic carbocycles. The maximum atomic E-state index is 11.8. The standard InChI is InChI=1S/C19H27Cl2N3O3.HI/c1-3-26-18(25)14-7-10-24(11-8-14)19(22-2)23-9-4-12-27-17-6-5-15(20)13-16(17)21;/h5-6,13-14H,3-4,7-12H2,1-2H3,(H,22,23);1H. The molecule has 2 rings (SSSR count). The van der Waals surface area contributed by atoms with Crippen LogP contribution in [0.3, 0.4) is 0 Å². The number of guanidine groups is 1. The molecule has 0 spiro atoms. The maximum absolute atomic E-state index is 11.8. The minimum Gasteiger partial charge on any atom is -0.492 e. The number of hydrogen-bond acceptors (Lipinski definition) is 4. The van der Waals surface area contributed by atoms with E-state index in [0.717, 1.165) is 44.9 Å². The summed E-state index contributed by atoms with van der Waals surface area (Å²) >= 11 is 12.0. The van der Waals surface area contributed by atoms with Crippen LogP contribution in [0, 0.1) is 5.92 Å². The van der Waals surface area contributed by atoms with E-state index >= 15 is 0 Å². The molecule has 1 N–H and O–H groups in total. The number of benzene rings is 1. The Labute approximate surface area is 194 Å². The van der Waals surface area contributed by atoms with Gasteiger partial charge in [-0.05, 0) is 44.4 Å². The Hall–Kier alpha value is -0.930. The van der Waals surface area contributed by atoms with Crippen molar-refractivity contribution >= 4 is 59.1 Å². The molecule has 1 heterocycles. The fraction of sp³-hybridized carbons (Fsp3) is 0.579. The summed E-state index contributed by atoms with van der Waals surface area (Å²) in [6, 6.07) is 5.19. The topological polar surface area (TPSA) is 63.2 Å². The summed E-state index contributed by atoms with van der Waals surface area (Å²) in [6.45, 7) is 5.13. The minimum absolute atomic E-state index is 0. The monoisotopic (exact) mass is 543 g/mol. The van der Waals surface area contributed by atoms with Crippen molar-refractivity contribution in [3.8, 4) is 5.75 Å². The van der Waals surface area contributed by atoms with E-state index in [4.69, 9.17) is 32.7 Å². The smallest absolute Gasteiger partial charge is 0.309 e. The van der Waals surface area contributed by atoms with E-state index in [9.17, 15) is 4.79 Å². The van der Waals surface area contributed by atoms with Gasteiger partial charge in [-0.1, -0.05) is 23.2 Å². The molecule has 1 aliphatic heterocycles. The third kappa shape index (κ3) is 7.83. The van der Waals surface area contributed by atoms with Crippen LogP contribution in [0.2, 0.25) is 10.0 Å². The number of likely N-dealkylation sites (tertiary alicyclic amines) is 1. The first-order valence-electron chi connectivity index (χ1n) is 9.25. The van der Waals surface area contributed by atoms with E-state index < -0.39 is 0 Å². The molecule has 9 heteroatoms. The first-order valence-corrected chi connectivity index (χ1v) is 10.0. The largest absolute Gasteiger partial charge is 0.492 e. The lowest BCUT2D eigenvalue weighted by Gasteiger charge is -2.33. The average Bonchev–Trinajstić information content (AvgIpc) is 2.66. The highest BCUT2D eigenvalue weighted by atomic mass is 127. The van der Waals surface area contributed by atoms with Gasteiger partial charge in [0.15, 0.2) is 5.96 Å². The van der Waals surface area contributed by atoms with Crippen molar-refractivity contribution in [1.29, 1.82) is 0 Å². The quantitative estimate of drug-likeness (QED) is 0.183. The van der Waals surface area contributed by atoms with Gasteiger partial charge in [0.05, 0.1) is 24.2 Å². The van der Waals surface area contributed by atoms with Gasteiger partial charge >= 0.3 is 5.97 Å². The molecule has 0 radical (unpaired) electrons. The Balaban J connectivity index is 0.00000392. The lowest BCUT2D eigenvalue weighted by atomic mass is 9.97. The average molecular weight is 544 g/mol. The van der Waals surface area contributed by atoms with Crippen molar-refractivity contribution in [1.82, 2.24) is 10.2 Å². The summed E-state index contributed by atoms with van der Waals surface area (Å²) in [5, 5.41) is 4.44. The molecule has 1 aromatic rings. The number of nitrogens with zero attached hydrogens (tertiary/aromatic N) is 2. The number of rotatable bonds is 7. The second kappa shape index (κ2) is 13.3. The summed E-state index contributed by atoms with van der Waals surface area (Å²) in [4.78, 5) is 18.3. The molecule has 1 aliphatic rings. The Morgan fingerprint density at radius 1 is 1.32 bits per heavy atom. The third-order valence-electron chi connectivity index (χ3n) is 4.38. The van der Waals surface area contributed by atoms with Gasteiger partial charge in [-0.2, -0.15) is 0 Å². The summed E-state index contributed by atoms with van der Waals surface area (Å²) in [6.07, 6.45) is 2.38. The predicted molar refractivity (Wildman–Crippen MR) is 124 cm³/mol. The van der Waals surface area contributed by atoms with E-state index in [2.05, 4.69) is 15.2 Å². The van der Waals surface area contributed by atoms with Crippen LogP contribution in [-0.4, -0.2) is 56.7 Å². The summed E-state index contributed by atoms with van der Waals surface area (Å²) in [5.74, 6) is 1.39. The normalized spacial score (nSPS) is 15.0. The van der Waals surface area contributed by atoms with Crippen molar-refractivity contribution in [2.75, 3.05) is 39.9 Å². The van der Waals surface area contributed by atoms with Crippen molar-refractivity contribution in [2.45, 2.75) is 26.2 Å². The summed E-state index contributed by atoms with van der Waals surface area (Å²) in [5.41, 5.74) is 0. The molecular weight excluding hydrogens is 516 g/mol. The van der Waals surface area contributed by atoms with Gasteiger partial charge in [0.1, 0.15) is 5.75 Å². The number of hydrogen-bond donors (Lipinski definition) is 1. The zero-order valence-corrected chi connectivity index (χ0v) is 20.1. The minimum atomic E-state index is -0.0851. The molecule has 1 saturated heterocycles. The second-order valence-corrected chi connectivity index (χ2v) is 7.11. The number of piperidine rings is 1. The Kier molecular flexibility index (Phi) is 11.9. The van der Waals surface area contributed by atoms with Crippen LogP contribution in [0.5, 0.6) is 5.75 Å². The first kappa shape index (κ1) is 25.1. The number of ether oxygens (including phenoxy) is 2. The lowest BCUT2D eigenvalue weighted by molar-refractivity contribution is -0.149. The van der Waals surface area contributed by atoms with E-state index in [0.29, 0.717) is 29.0 Å². The van der Waals surface area contributed by atoms with E-state index in [-0.39, 0.29) is 35.9 Å². The van der Waals surface area contributed by atoms with Crippen molar-refractivity contribution in [3.05, 3.63) is 28.2 Å². The molecule has 0 bridgehead atoms. The Morgan fingerprint density at radius 3 is 2.64 bits per heavy atom. The van der Waals surface area contributed by atoms with Gasteiger partial charge in [0.2, 0.25) is 0 Å². The van der Waals surface area contributed by atoms with Crippen LogP contribution in [0.1, 0.15) is 26.2 Å². The molecule has 0 aromatic heterocycles. The molecule has 28 heavy (non-hydrogen) atoms. The lowest BCUT2D eigenvalue weighted by Crippen LogP contribution is -2.47. The van der Waals surface area contributed by atoms with Crippen LogP contribution in [0.25, 0.3) is 0 Å². The highest BCUT2D eigenvalue weighted by Crippen LogP contribution is 2.27. The first-order chi connectivity index (χ1) is 13.0. The number of nitrogens with one attached hydrogen (secondary N) is 1. The number of carbonyl (C=O) groups is 1. The SMILES string of the molecule is CCOC(=O)C1CCN(C(=NC)NCCCOc2ccc(Cl)cc2Cl)CC1.I. The number of halogens is 3. The zero-order chi connectivity index (χ0) is 19.6. The zero-order valence-electron chi connectivity index (χ0n) is 16.2. The van der Waals surface area contributed by atoms with E-state index in [1.807, 2.05) is 6.92 Å². The molecule has 0 saturated carbocycles. The Bertz CT molecular complexity index is 653. The van der Waals surface area contributed by atoms with E-state index in [1.54, 1.807) is 25.2 Å². The van der Waals surface area contributed by atoms with Gasteiger partial charge < -0.3 is 19.7 Å². The van der Waals surface area contributed by atoms with Gasteiger partial charge in [-0.25, -0.2) is 0 Å². The molecular formula is C19H28Cl2IN3O3.